The maximum absolute atomic E-state index is 10.3. The van der Waals surface area contributed by atoms with Crippen molar-refractivity contribution in [3.05, 3.63) is 17.0 Å². The van der Waals surface area contributed by atoms with Gasteiger partial charge in [-0.25, -0.2) is 0 Å². The van der Waals surface area contributed by atoms with E-state index in [-0.39, 0.29) is 29.6 Å². The summed E-state index contributed by atoms with van der Waals surface area (Å²) in [7, 11) is 0. The fourth-order valence-corrected chi connectivity index (χ4v) is 1.99. The Morgan fingerprint density at radius 2 is 2.30 bits per heavy atom. The van der Waals surface area contributed by atoms with Crippen LogP contribution in [0.1, 0.15) is 5.56 Å². The molecule has 1 aromatic rings. The van der Waals surface area contributed by atoms with Crippen LogP contribution in [0.25, 0.3) is 0 Å². The molecule has 0 radical (unpaired) electrons. The number of thiophene rings is 1. The Balaban J connectivity index is 0.000000810. The molecule has 1 aromatic heterocycles. The third-order valence-electron chi connectivity index (χ3n) is 0.966. The summed E-state index contributed by atoms with van der Waals surface area (Å²) >= 11 is -0.796. The van der Waals surface area contributed by atoms with Crippen LogP contribution in [-0.2, 0) is 11.1 Å². The van der Waals surface area contributed by atoms with E-state index >= 15 is 0 Å². The zero-order valence-electron chi connectivity index (χ0n) is 5.79. The Morgan fingerprint density at radius 1 is 1.70 bits per heavy atom. The molecule has 0 spiro atoms. The van der Waals surface area contributed by atoms with Gasteiger partial charge < -0.3 is 4.55 Å². The summed E-state index contributed by atoms with van der Waals surface area (Å²) < 4.78 is 21.0. The number of aryl methyl sites for hydroxylation is 1. The molecule has 1 unspecified atom stereocenters. The zero-order valence-corrected chi connectivity index (χ0v) is 9.42. The summed E-state index contributed by atoms with van der Waals surface area (Å²) in [5.74, 6) is 0. The zero-order chi connectivity index (χ0) is 6.85. The summed E-state index contributed by atoms with van der Waals surface area (Å²) in [6.07, 6.45) is 0. The topological polar surface area (TPSA) is 40.1 Å². The van der Waals surface area contributed by atoms with E-state index in [9.17, 15) is 8.76 Å². The smallest absolute Gasteiger partial charge is 0.768 e. The molecule has 0 N–H and O–H groups in total. The molecule has 0 bridgehead atoms. The van der Waals surface area contributed by atoms with E-state index in [0.717, 1.165) is 5.56 Å². The Bertz CT molecular complexity index is 233. The van der Waals surface area contributed by atoms with E-state index in [1.807, 2.05) is 0 Å². The molecule has 50 valence electrons. The van der Waals surface area contributed by atoms with Gasteiger partial charge in [-0.3, -0.25) is 4.21 Å². The van der Waals surface area contributed by atoms with Gasteiger partial charge in [0.05, 0.1) is 4.21 Å². The molecule has 0 aliphatic rings. The van der Waals surface area contributed by atoms with Gasteiger partial charge in [0.15, 0.2) is 0 Å². The van der Waals surface area contributed by atoms with Crippen LogP contribution in [0.4, 0.5) is 0 Å². The monoisotopic (exact) mass is 184 g/mol. The first-order chi connectivity index (χ1) is 4.22. The summed E-state index contributed by atoms with van der Waals surface area (Å²) in [5.41, 5.74) is 0.827. The van der Waals surface area contributed by atoms with Crippen LogP contribution in [0.3, 0.4) is 0 Å². The standard InChI is InChI=1S/C5H6O2S2.Na/c1-4-2-3-8-5(4)9(6)7;/h2-3H,1H3,(H,6,7);/q;+1/p-1. The molecular formula is C5H5NaO2S2. The van der Waals surface area contributed by atoms with Gasteiger partial charge in [-0.05, 0) is 35.0 Å². The van der Waals surface area contributed by atoms with Gasteiger partial charge >= 0.3 is 29.6 Å². The van der Waals surface area contributed by atoms with Crippen molar-refractivity contribution in [1.29, 1.82) is 0 Å². The Labute approximate surface area is 88.2 Å². The number of rotatable bonds is 1. The summed E-state index contributed by atoms with van der Waals surface area (Å²) in [6, 6.07) is 1.79. The van der Waals surface area contributed by atoms with Crippen LogP contribution in [-0.4, -0.2) is 8.76 Å². The molecule has 0 fully saturated rings. The number of hydrogen-bond donors (Lipinski definition) is 0. The van der Waals surface area contributed by atoms with E-state index in [1.54, 1.807) is 18.4 Å². The molecule has 2 nitrogen and oxygen atoms in total. The van der Waals surface area contributed by atoms with E-state index in [2.05, 4.69) is 0 Å². The largest absolute Gasteiger partial charge is 1.00 e. The van der Waals surface area contributed by atoms with Crippen LogP contribution in [0.2, 0.25) is 0 Å². The third kappa shape index (κ3) is 2.45. The Morgan fingerprint density at radius 3 is 2.50 bits per heavy atom. The average Bonchev–Trinajstić information content (AvgIpc) is 2.13. The van der Waals surface area contributed by atoms with E-state index in [0.29, 0.717) is 4.21 Å². The van der Waals surface area contributed by atoms with Crippen molar-refractivity contribution in [3.8, 4) is 0 Å². The van der Waals surface area contributed by atoms with Gasteiger partial charge in [-0.1, -0.05) is 0 Å². The number of hydrogen-bond acceptors (Lipinski definition) is 3. The molecule has 0 aromatic carbocycles. The first-order valence-electron chi connectivity index (χ1n) is 2.35. The fourth-order valence-electron chi connectivity index (χ4n) is 0.530. The Hall–Kier alpha value is 0.810. The minimum absolute atomic E-state index is 0. The van der Waals surface area contributed by atoms with Gasteiger partial charge in [-0.15, -0.1) is 11.3 Å². The molecular weight excluding hydrogens is 179 g/mol. The van der Waals surface area contributed by atoms with E-state index in [1.165, 1.54) is 11.3 Å². The molecule has 1 rings (SSSR count). The second-order valence-corrected chi connectivity index (χ2v) is 3.68. The van der Waals surface area contributed by atoms with Crippen molar-refractivity contribution in [2.24, 2.45) is 0 Å². The maximum Gasteiger partial charge on any atom is 1.00 e. The molecule has 0 aliphatic heterocycles. The predicted octanol–water partition coefficient (Wildman–Crippen LogP) is -1.70. The molecule has 0 saturated heterocycles. The molecule has 1 heterocycles. The van der Waals surface area contributed by atoms with Crippen LogP contribution in [0, 0.1) is 6.92 Å². The van der Waals surface area contributed by atoms with Gasteiger partial charge in [0, 0.05) is 0 Å². The molecule has 0 aliphatic carbocycles. The normalized spacial score (nSPS) is 12.2. The summed E-state index contributed by atoms with van der Waals surface area (Å²) in [5, 5.41) is 1.76. The molecule has 0 saturated carbocycles. The van der Waals surface area contributed by atoms with Gasteiger partial charge in [0.2, 0.25) is 0 Å². The van der Waals surface area contributed by atoms with Crippen molar-refractivity contribution < 1.29 is 38.3 Å². The quantitative estimate of drug-likeness (QED) is 0.385. The van der Waals surface area contributed by atoms with Crippen LogP contribution < -0.4 is 29.6 Å². The summed E-state index contributed by atoms with van der Waals surface area (Å²) in [4.78, 5) is 0. The predicted molar refractivity (Wildman–Crippen MR) is 36.2 cm³/mol. The third-order valence-corrected chi connectivity index (χ3v) is 3.10. The molecule has 0 amide bonds. The van der Waals surface area contributed by atoms with Gasteiger partial charge in [0.1, 0.15) is 0 Å². The Kier molecular flexibility index (Phi) is 5.02. The average molecular weight is 184 g/mol. The van der Waals surface area contributed by atoms with E-state index in [4.69, 9.17) is 0 Å². The second-order valence-electron chi connectivity index (χ2n) is 1.63. The van der Waals surface area contributed by atoms with E-state index < -0.39 is 11.1 Å². The van der Waals surface area contributed by atoms with Gasteiger partial charge in [0.25, 0.3) is 0 Å². The molecule has 5 heteroatoms. The second kappa shape index (κ2) is 4.64. The first-order valence-corrected chi connectivity index (χ1v) is 4.30. The molecule has 1 atom stereocenters. The van der Waals surface area contributed by atoms with Gasteiger partial charge in [-0.2, -0.15) is 0 Å². The van der Waals surface area contributed by atoms with Crippen LogP contribution >= 0.6 is 11.3 Å². The van der Waals surface area contributed by atoms with Crippen molar-refractivity contribution >= 4 is 22.4 Å². The molecule has 10 heavy (non-hydrogen) atoms. The van der Waals surface area contributed by atoms with Crippen LogP contribution in [0.5, 0.6) is 0 Å². The van der Waals surface area contributed by atoms with Crippen molar-refractivity contribution in [2.75, 3.05) is 0 Å². The maximum atomic E-state index is 10.3. The fraction of sp³-hybridized carbons (Fsp3) is 0.200. The van der Waals surface area contributed by atoms with Crippen molar-refractivity contribution in [3.63, 3.8) is 0 Å². The minimum atomic E-state index is -2.04. The first kappa shape index (κ1) is 10.8. The van der Waals surface area contributed by atoms with Crippen LogP contribution in [0.15, 0.2) is 15.7 Å². The van der Waals surface area contributed by atoms with Crippen molar-refractivity contribution in [1.82, 2.24) is 0 Å². The SMILES string of the molecule is Cc1ccsc1S(=O)[O-].[Na+]. The van der Waals surface area contributed by atoms with Crippen molar-refractivity contribution in [2.45, 2.75) is 11.1 Å². The summed E-state index contributed by atoms with van der Waals surface area (Å²) in [6.45, 7) is 1.78. The minimum Gasteiger partial charge on any atom is -0.768 e.